The minimum absolute atomic E-state index is 0.684. The molecule has 2 aliphatic rings. The van der Waals surface area contributed by atoms with E-state index in [4.69, 9.17) is 19.4 Å². The van der Waals surface area contributed by atoms with Crippen LogP contribution in [0.4, 0.5) is 5.95 Å². The Labute approximate surface area is 193 Å². The number of piperidine rings is 1. The fraction of sp³-hybridized carbons (Fsp3) is 0.440. The van der Waals surface area contributed by atoms with Crippen LogP contribution in [0.15, 0.2) is 41.1 Å². The molecule has 1 aromatic carbocycles. The highest BCUT2D eigenvalue weighted by molar-refractivity contribution is 7.07. The molecule has 0 amide bonds. The predicted molar refractivity (Wildman–Crippen MR) is 128 cm³/mol. The first-order valence-electron chi connectivity index (χ1n) is 11.4. The molecule has 32 heavy (non-hydrogen) atoms. The predicted octanol–water partition coefficient (Wildman–Crippen LogP) is 5.13. The Balaban J connectivity index is 1.44. The Hall–Kier alpha value is -2.64. The van der Waals surface area contributed by atoms with Gasteiger partial charge in [0.05, 0.1) is 18.4 Å². The summed E-state index contributed by atoms with van der Waals surface area (Å²) in [6, 6.07) is 9.90. The van der Waals surface area contributed by atoms with Crippen LogP contribution < -0.4 is 14.4 Å². The minimum Gasteiger partial charge on any atom is -0.497 e. The molecule has 0 radical (unpaired) electrons. The molecule has 2 aromatic heterocycles. The van der Waals surface area contributed by atoms with Crippen molar-refractivity contribution in [3.8, 4) is 17.4 Å². The van der Waals surface area contributed by atoms with Crippen molar-refractivity contribution in [3.05, 3.63) is 57.9 Å². The summed E-state index contributed by atoms with van der Waals surface area (Å²) in [6.45, 7) is 7.08. The smallest absolute Gasteiger partial charge is 0.228 e. The molecule has 0 N–H and O–H groups in total. The van der Waals surface area contributed by atoms with Crippen molar-refractivity contribution in [1.29, 1.82) is 0 Å². The van der Waals surface area contributed by atoms with Crippen LogP contribution in [0.5, 0.6) is 17.4 Å². The Bertz CT molecular complexity index is 1030. The lowest BCUT2D eigenvalue weighted by Crippen LogP contribution is -2.36. The van der Waals surface area contributed by atoms with Gasteiger partial charge in [0.2, 0.25) is 11.8 Å². The minimum atomic E-state index is 0.684. The molecule has 0 atom stereocenters. The third-order valence-electron chi connectivity index (χ3n) is 6.42. The topological polar surface area (TPSA) is 50.7 Å². The summed E-state index contributed by atoms with van der Waals surface area (Å²) in [6.07, 6.45) is 3.28. The molecule has 0 unspecified atom stereocenters. The second kappa shape index (κ2) is 9.46. The Kier molecular flexibility index (Phi) is 6.28. The Morgan fingerprint density at radius 1 is 1.03 bits per heavy atom. The maximum absolute atomic E-state index is 6.35. The molecule has 5 rings (SSSR count). The van der Waals surface area contributed by atoms with Gasteiger partial charge in [-0.2, -0.15) is 16.3 Å². The number of hydrogen-bond donors (Lipinski definition) is 0. The van der Waals surface area contributed by atoms with Gasteiger partial charge in [-0.1, -0.05) is 6.92 Å². The first kappa shape index (κ1) is 21.2. The van der Waals surface area contributed by atoms with Crippen LogP contribution in [0.2, 0.25) is 0 Å². The van der Waals surface area contributed by atoms with Crippen molar-refractivity contribution in [2.75, 3.05) is 31.6 Å². The number of anilines is 1. The van der Waals surface area contributed by atoms with Gasteiger partial charge in [0, 0.05) is 39.1 Å². The number of benzene rings is 1. The van der Waals surface area contributed by atoms with Crippen LogP contribution in [-0.4, -0.2) is 41.6 Å². The van der Waals surface area contributed by atoms with Gasteiger partial charge in [-0.05, 0) is 65.4 Å². The van der Waals surface area contributed by atoms with E-state index in [2.05, 4.69) is 33.6 Å². The maximum Gasteiger partial charge on any atom is 0.228 e. The van der Waals surface area contributed by atoms with Crippen molar-refractivity contribution in [3.63, 3.8) is 0 Å². The summed E-state index contributed by atoms with van der Waals surface area (Å²) in [5, 5.41) is 4.36. The Morgan fingerprint density at radius 2 is 1.81 bits per heavy atom. The van der Waals surface area contributed by atoms with Crippen LogP contribution in [0.25, 0.3) is 0 Å². The van der Waals surface area contributed by atoms with E-state index in [9.17, 15) is 0 Å². The number of aromatic nitrogens is 2. The van der Waals surface area contributed by atoms with Gasteiger partial charge in [0.25, 0.3) is 0 Å². The third-order valence-corrected chi connectivity index (χ3v) is 7.15. The van der Waals surface area contributed by atoms with Crippen molar-refractivity contribution < 1.29 is 9.47 Å². The molecular weight excluding hydrogens is 420 g/mol. The fourth-order valence-corrected chi connectivity index (χ4v) is 5.05. The van der Waals surface area contributed by atoms with Crippen LogP contribution >= 0.6 is 11.3 Å². The van der Waals surface area contributed by atoms with E-state index < -0.39 is 0 Å². The molecule has 0 aliphatic carbocycles. The van der Waals surface area contributed by atoms with E-state index in [0.29, 0.717) is 5.88 Å². The monoisotopic (exact) mass is 450 g/mol. The molecule has 4 heterocycles. The van der Waals surface area contributed by atoms with Crippen LogP contribution in [0.1, 0.15) is 36.6 Å². The van der Waals surface area contributed by atoms with E-state index in [1.54, 1.807) is 18.4 Å². The highest BCUT2D eigenvalue weighted by Crippen LogP contribution is 2.33. The van der Waals surface area contributed by atoms with E-state index in [-0.39, 0.29) is 0 Å². The summed E-state index contributed by atoms with van der Waals surface area (Å²) in [5.41, 5.74) is 3.59. The number of hydrogen-bond acceptors (Lipinski definition) is 7. The lowest BCUT2D eigenvalue weighted by atomic mass is 9.99. The van der Waals surface area contributed by atoms with Crippen LogP contribution in [0, 0.1) is 5.92 Å². The lowest BCUT2D eigenvalue weighted by molar-refractivity contribution is 0.238. The van der Waals surface area contributed by atoms with E-state index in [1.165, 1.54) is 18.4 Å². The largest absolute Gasteiger partial charge is 0.497 e. The first-order chi connectivity index (χ1) is 15.7. The summed E-state index contributed by atoms with van der Waals surface area (Å²) in [4.78, 5) is 14.7. The average Bonchev–Trinajstić information content (AvgIpc) is 3.33. The van der Waals surface area contributed by atoms with Crippen molar-refractivity contribution in [2.24, 2.45) is 5.92 Å². The molecule has 1 saturated heterocycles. The number of nitrogens with zero attached hydrogens (tertiary/aromatic N) is 4. The number of methoxy groups -OCH3 is 1. The van der Waals surface area contributed by atoms with Gasteiger partial charge in [-0.25, -0.2) is 4.98 Å². The molecule has 0 spiro atoms. The van der Waals surface area contributed by atoms with E-state index >= 15 is 0 Å². The molecule has 0 bridgehead atoms. The fourth-order valence-electron chi connectivity index (χ4n) is 4.39. The molecule has 168 valence electrons. The number of thiophene rings is 1. The lowest BCUT2D eigenvalue weighted by Gasteiger charge is -2.33. The van der Waals surface area contributed by atoms with Gasteiger partial charge in [-0.3, -0.25) is 4.90 Å². The SMILES string of the molecule is COc1ccc(Oc2nc(N3CCC(C)CC3)nc3c2CN(Cc2ccsc2)CC3)cc1. The van der Waals surface area contributed by atoms with Crippen molar-refractivity contribution in [1.82, 2.24) is 14.9 Å². The van der Waals surface area contributed by atoms with Gasteiger partial charge in [0.15, 0.2) is 0 Å². The third kappa shape index (κ3) is 4.74. The van der Waals surface area contributed by atoms with Gasteiger partial charge >= 0.3 is 0 Å². The number of ether oxygens (including phenoxy) is 2. The maximum atomic E-state index is 6.35. The highest BCUT2D eigenvalue weighted by Gasteiger charge is 2.27. The molecule has 6 nitrogen and oxygen atoms in total. The second-order valence-electron chi connectivity index (χ2n) is 8.79. The summed E-state index contributed by atoms with van der Waals surface area (Å²) >= 11 is 1.75. The molecule has 1 fully saturated rings. The van der Waals surface area contributed by atoms with E-state index in [1.807, 2.05) is 24.3 Å². The first-order valence-corrected chi connectivity index (χ1v) is 12.3. The quantitative estimate of drug-likeness (QED) is 0.519. The number of fused-ring (bicyclic) bond motifs is 1. The zero-order valence-electron chi connectivity index (χ0n) is 18.8. The number of rotatable bonds is 6. The standard InChI is InChI=1S/C25H30N4O2S/c1-18-7-12-29(13-8-18)25-26-23-9-11-28(15-19-10-14-32-17-19)16-22(23)24(27-25)31-21-5-3-20(30-2)4-6-21/h3-6,10,14,17-18H,7-9,11-13,15-16H2,1-2H3. The van der Waals surface area contributed by atoms with Crippen LogP contribution in [0.3, 0.4) is 0 Å². The average molecular weight is 451 g/mol. The summed E-state index contributed by atoms with van der Waals surface area (Å²) in [5.74, 6) is 3.84. The zero-order chi connectivity index (χ0) is 21.9. The zero-order valence-corrected chi connectivity index (χ0v) is 19.6. The van der Waals surface area contributed by atoms with Crippen molar-refractivity contribution in [2.45, 2.75) is 39.3 Å². The summed E-state index contributed by atoms with van der Waals surface area (Å²) < 4.78 is 11.6. The molecule has 7 heteroatoms. The van der Waals surface area contributed by atoms with Gasteiger partial charge in [-0.15, -0.1) is 0 Å². The van der Waals surface area contributed by atoms with Crippen molar-refractivity contribution >= 4 is 17.3 Å². The van der Waals surface area contributed by atoms with Gasteiger partial charge < -0.3 is 14.4 Å². The Morgan fingerprint density at radius 3 is 2.53 bits per heavy atom. The molecule has 2 aliphatic heterocycles. The summed E-state index contributed by atoms with van der Waals surface area (Å²) in [7, 11) is 1.67. The van der Waals surface area contributed by atoms with Gasteiger partial charge in [0.1, 0.15) is 11.5 Å². The second-order valence-corrected chi connectivity index (χ2v) is 9.57. The van der Waals surface area contributed by atoms with E-state index in [0.717, 1.165) is 73.8 Å². The van der Waals surface area contributed by atoms with Crippen LogP contribution in [-0.2, 0) is 19.5 Å². The highest BCUT2D eigenvalue weighted by atomic mass is 32.1. The normalized spacial score (nSPS) is 17.2. The molecular formula is C25H30N4O2S. The molecule has 0 saturated carbocycles. The molecule has 3 aromatic rings.